The summed E-state index contributed by atoms with van der Waals surface area (Å²) in [6, 6.07) is 42.5. The lowest BCUT2D eigenvalue weighted by atomic mass is 9.92. The van der Waals surface area contributed by atoms with Gasteiger partial charge in [0.15, 0.2) is 0 Å². The van der Waals surface area contributed by atoms with Crippen LogP contribution in [-0.4, -0.2) is 0 Å². The number of aryl methyl sites for hydroxylation is 2. The molecule has 0 nitrogen and oxygen atoms in total. The Kier molecular flexibility index (Phi) is 5.88. The summed E-state index contributed by atoms with van der Waals surface area (Å²) in [7, 11) is -1.93. The molecule has 0 atom stereocenters. The van der Waals surface area contributed by atoms with E-state index >= 15 is 0 Å². The zero-order valence-corrected chi connectivity index (χ0v) is 20.5. The molecule has 1 heteroatoms. The van der Waals surface area contributed by atoms with E-state index in [1.54, 1.807) is 0 Å². The first kappa shape index (κ1) is 21.6. The Bertz CT molecular complexity index is 1290. The van der Waals surface area contributed by atoms with Crippen LogP contribution in [0.2, 0.25) is 0 Å². The molecule has 5 rings (SSSR count). The first-order valence-corrected chi connectivity index (χ1v) is 13.6. The summed E-state index contributed by atoms with van der Waals surface area (Å²) in [5.41, 5.74) is 5.74. The van der Waals surface area contributed by atoms with E-state index in [9.17, 15) is 0 Å². The van der Waals surface area contributed by atoms with Gasteiger partial charge in [-0.05, 0) is 90.2 Å². The lowest BCUT2D eigenvalue weighted by Crippen LogP contribution is -2.32. The molecule has 0 aromatic heterocycles. The normalized spacial score (nSPS) is 11.6. The van der Waals surface area contributed by atoms with E-state index in [0.717, 1.165) is 6.16 Å². The Morgan fingerprint density at radius 2 is 0.788 bits per heavy atom. The molecule has 0 fully saturated rings. The summed E-state index contributed by atoms with van der Waals surface area (Å²) < 4.78 is 0. The van der Waals surface area contributed by atoms with Crippen LogP contribution >= 0.6 is 7.26 Å². The van der Waals surface area contributed by atoms with E-state index in [2.05, 4.69) is 136 Å². The molecule has 5 aromatic rings. The smallest absolute Gasteiger partial charge is 0.0620 e. The van der Waals surface area contributed by atoms with Gasteiger partial charge in [-0.25, -0.2) is 0 Å². The second-order valence-electron chi connectivity index (χ2n) is 8.87. The number of benzene rings is 5. The molecule has 0 saturated carbocycles. The topological polar surface area (TPSA) is 0 Å². The van der Waals surface area contributed by atoms with Crippen LogP contribution in [0.25, 0.3) is 10.8 Å². The second-order valence-corrected chi connectivity index (χ2v) is 12.4. The molecule has 0 radical (unpaired) electrons. The van der Waals surface area contributed by atoms with E-state index in [4.69, 9.17) is 0 Å². The Morgan fingerprint density at radius 3 is 1.21 bits per heavy atom. The van der Waals surface area contributed by atoms with E-state index in [-0.39, 0.29) is 0 Å². The Morgan fingerprint density at radius 1 is 0.424 bits per heavy atom. The van der Waals surface area contributed by atoms with Gasteiger partial charge in [0.2, 0.25) is 0 Å². The SMILES string of the molecule is Cc1c(C[P+](c2ccccc2)(c2ccccc2)c2ccccc2)c(C)c2ccccc2c1C. The van der Waals surface area contributed by atoms with Crippen molar-refractivity contribution in [3.63, 3.8) is 0 Å². The first-order valence-electron chi connectivity index (χ1n) is 11.7. The third-order valence-corrected chi connectivity index (χ3v) is 11.5. The highest BCUT2D eigenvalue weighted by Gasteiger charge is 2.46. The van der Waals surface area contributed by atoms with Crippen molar-refractivity contribution in [2.24, 2.45) is 0 Å². The third kappa shape index (κ3) is 3.69. The maximum absolute atomic E-state index is 2.34. The minimum absolute atomic E-state index is 1.02. The van der Waals surface area contributed by atoms with Crippen molar-refractivity contribution in [1.29, 1.82) is 0 Å². The largest absolute Gasteiger partial charge is 0.116 e. The van der Waals surface area contributed by atoms with E-state index < -0.39 is 7.26 Å². The van der Waals surface area contributed by atoms with Gasteiger partial charge in [-0.15, -0.1) is 0 Å². The van der Waals surface area contributed by atoms with Crippen LogP contribution in [0.4, 0.5) is 0 Å². The molecule has 0 N–H and O–H groups in total. The third-order valence-electron chi connectivity index (χ3n) is 7.19. The molecule has 162 valence electrons. The molecule has 0 saturated heterocycles. The predicted octanol–water partition coefficient (Wildman–Crippen LogP) is 7.26. The van der Waals surface area contributed by atoms with Crippen LogP contribution in [-0.2, 0) is 6.16 Å². The molecule has 0 heterocycles. The molecule has 0 aliphatic heterocycles. The molecular formula is C32H30P+. The summed E-state index contributed by atoms with van der Waals surface area (Å²) in [5.74, 6) is 0. The minimum atomic E-state index is -1.93. The maximum atomic E-state index is 2.34. The van der Waals surface area contributed by atoms with E-state index in [0.29, 0.717) is 0 Å². The molecule has 0 spiro atoms. The van der Waals surface area contributed by atoms with Crippen molar-refractivity contribution in [3.8, 4) is 0 Å². The fraction of sp³-hybridized carbons (Fsp3) is 0.125. The van der Waals surface area contributed by atoms with Crippen molar-refractivity contribution in [2.45, 2.75) is 26.9 Å². The minimum Gasteiger partial charge on any atom is -0.0620 e. The van der Waals surface area contributed by atoms with Crippen molar-refractivity contribution >= 4 is 33.9 Å². The first-order chi connectivity index (χ1) is 16.1. The molecule has 5 aromatic carbocycles. The monoisotopic (exact) mass is 445 g/mol. The Labute approximate surface area is 198 Å². The van der Waals surface area contributed by atoms with Crippen molar-refractivity contribution in [3.05, 3.63) is 138 Å². The van der Waals surface area contributed by atoms with Gasteiger partial charge in [-0.2, -0.15) is 0 Å². The number of hydrogen-bond donors (Lipinski definition) is 0. The highest BCUT2D eigenvalue weighted by molar-refractivity contribution is 7.95. The highest BCUT2D eigenvalue weighted by atomic mass is 31.2. The van der Waals surface area contributed by atoms with Gasteiger partial charge in [-0.1, -0.05) is 78.9 Å². The number of hydrogen-bond acceptors (Lipinski definition) is 0. The van der Waals surface area contributed by atoms with Crippen LogP contribution in [0, 0.1) is 20.8 Å². The Hall–Kier alpha value is -3.21. The van der Waals surface area contributed by atoms with Gasteiger partial charge < -0.3 is 0 Å². The maximum Gasteiger partial charge on any atom is 0.116 e. The fourth-order valence-electron chi connectivity index (χ4n) is 5.25. The summed E-state index contributed by atoms with van der Waals surface area (Å²) in [5, 5.41) is 7.06. The molecule has 0 unspecified atom stereocenters. The quantitative estimate of drug-likeness (QED) is 0.250. The average molecular weight is 446 g/mol. The summed E-state index contributed by atoms with van der Waals surface area (Å²) in [6.45, 7) is 6.92. The zero-order valence-electron chi connectivity index (χ0n) is 19.6. The van der Waals surface area contributed by atoms with Crippen LogP contribution < -0.4 is 15.9 Å². The van der Waals surface area contributed by atoms with Crippen LogP contribution in [0.1, 0.15) is 22.3 Å². The highest BCUT2D eigenvalue weighted by Crippen LogP contribution is 2.59. The summed E-state index contributed by atoms with van der Waals surface area (Å²) in [4.78, 5) is 0. The van der Waals surface area contributed by atoms with Gasteiger partial charge in [0, 0.05) is 0 Å². The predicted molar refractivity (Wildman–Crippen MR) is 147 cm³/mol. The summed E-state index contributed by atoms with van der Waals surface area (Å²) >= 11 is 0. The molecule has 0 aliphatic carbocycles. The number of rotatable bonds is 5. The second kappa shape index (κ2) is 8.97. The lowest BCUT2D eigenvalue weighted by Gasteiger charge is -2.29. The van der Waals surface area contributed by atoms with Gasteiger partial charge in [0.05, 0.1) is 6.16 Å². The van der Waals surface area contributed by atoms with Crippen LogP contribution in [0.15, 0.2) is 115 Å². The van der Waals surface area contributed by atoms with Gasteiger partial charge in [-0.3, -0.25) is 0 Å². The number of fused-ring (bicyclic) bond motifs is 1. The van der Waals surface area contributed by atoms with Crippen LogP contribution in [0.5, 0.6) is 0 Å². The Balaban J connectivity index is 1.85. The zero-order chi connectivity index (χ0) is 22.8. The van der Waals surface area contributed by atoms with Crippen molar-refractivity contribution in [1.82, 2.24) is 0 Å². The molecule has 0 amide bonds. The van der Waals surface area contributed by atoms with Gasteiger partial charge >= 0.3 is 0 Å². The average Bonchev–Trinajstić information content (AvgIpc) is 2.89. The molecule has 0 bridgehead atoms. The lowest BCUT2D eigenvalue weighted by molar-refractivity contribution is 1.22. The molecular weight excluding hydrogens is 415 g/mol. The molecule has 33 heavy (non-hydrogen) atoms. The fourth-order valence-corrected chi connectivity index (χ4v) is 9.69. The van der Waals surface area contributed by atoms with E-state index in [1.165, 1.54) is 48.9 Å². The van der Waals surface area contributed by atoms with Crippen molar-refractivity contribution in [2.75, 3.05) is 0 Å². The van der Waals surface area contributed by atoms with E-state index in [1.807, 2.05) is 0 Å². The summed E-state index contributed by atoms with van der Waals surface area (Å²) in [6.07, 6.45) is 1.02. The van der Waals surface area contributed by atoms with Crippen molar-refractivity contribution < 1.29 is 0 Å². The van der Waals surface area contributed by atoms with Gasteiger partial charge in [0.1, 0.15) is 23.2 Å². The van der Waals surface area contributed by atoms with Gasteiger partial charge in [0.25, 0.3) is 0 Å². The molecule has 0 aliphatic rings. The standard InChI is InChI=1S/C32H30P/c1-24-25(2)32(26(3)31-22-14-13-21-30(24)31)23-33(27-15-7-4-8-16-27,28-17-9-5-10-18-28)29-19-11-6-12-20-29/h4-22H,23H2,1-3H3/q+1. The van der Waals surface area contributed by atoms with Crippen LogP contribution in [0.3, 0.4) is 0 Å².